The van der Waals surface area contributed by atoms with Crippen LogP contribution >= 0.6 is 0 Å². The molecule has 0 spiro atoms. The fraction of sp³-hybridized carbons (Fsp3) is 0.381. The maximum atomic E-state index is 13.1. The van der Waals surface area contributed by atoms with Gasteiger partial charge in [-0.3, -0.25) is 9.52 Å². The fourth-order valence-corrected chi connectivity index (χ4v) is 4.71. The molecule has 1 atom stereocenters. The minimum atomic E-state index is -4.68. The van der Waals surface area contributed by atoms with Crippen molar-refractivity contribution in [2.24, 2.45) is 0 Å². The second kappa shape index (κ2) is 8.16. The molecule has 1 aliphatic rings. The number of sulfonamides is 1. The van der Waals surface area contributed by atoms with Crippen molar-refractivity contribution >= 4 is 21.6 Å². The van der Waals surface area contributed by atoms with Gasteiger partial charge in [0.15, 0.2) is 0 Å². The summed E-state index contributed by atoms with van der Waals surface area (Å²) < 4.78 is 72.5. The molecule has 0 aliphatic carbocycles. The Balaban J connectivity index is 1.91. The first kappa shape index (κ1) is 23.1. The number of morpholine rings is 1. The van der Waals surface area contributed by atoms with E-state index >= 15 is 0 Å². The Bertz CT molecular complexity index is 1080. The summed E-state index contributed by atoms with van der Waals surface area (Å²) in [7, 11) is -4.36. The first-order valence-electron chi connectivity index (χ1n) is 9.55. The standard InChI is InChI=1S/C21H23F3N2O4S/c1-14-12-26(13-20(2,3)30-14)19(27)17-9-4-5-10-18(17)25-31(28,29)16-8-6-7-15(11-16)21(22,23)24/h4-11,14,25H,12-13H2,1-3H3. The summed E-state index contributed by atoms with van der Waals surface area (Å²) >= 11 is 0. The van der Waals surface area contributed by atoms with Crippen molar-refractivity contribution in [2.75, 3.05) is 17.8 Å². The summed E-state index contributed by atoms with van der Waals surface area (Å²) in [5.74, 6) is -0.398. The van der Waals surface area contributed by atoms with Crippen LogP contribution in [0.1, 0.15) is 36.7 Å². The smallest absolute Gasteiger partial charge is 0.369 e. The van der Waals surface area contributed by atoms with Crippen molar-refractivity contribution in [3.05, 3.63) is 59.7 Å². The van der Waals surface area contributed by atoms with E-state index in [1.54, 1.807) is 11.0 Å². The maximum Gasteiger partial charge on any atom is 0.416 e. The number of nitrogens with zero attached hydrogens (tertiary/aromatic N) is 1. The number of ether oxygens (including phenoxy) is 1. The van der Waals surface area contributed by atoms with Crippen LogP contribution in [0.25, 0.3) is 0 Å². The van der Waals surface area contributed by atoms with Crippen molar-refractivity contribution in [3.8, 4) is 0 Å². The second-order valence-electron chi connectivity index (χ2n) is 8.05. The highest BCUT2D eigenvalue weighted by molar-refractivity contribution is 7.92. The van der Waals surface area contributed by atoms with E-state index in [4.69, 9.17) is 4.74 Å². The van der Waals surface area contributed by atoms with Crippen LogP contribution in [0.5, 0.6) is 0 Å². The molecule has 6 nitrogen and oxygen atoms in total. The molecule has 1 heterocycles. The van der Waals surface area contributed by atoms with Gasteiger partial charge in [-0.2, -0.15) is 13.2 Å². The van der Waals surface area contributed by atoms with E-state index in [2.05, 4.69) is 4.72 Å². The van der Waals surface area contributed by atoms with Gasteiger partial charge in [0.25, 0.3) is 15.9 Å². The molecule has 2 aromatic carbocycles. The summed E-state index contributed by atoms with van der Waals surface area (Å²) in [4.78, 5) is 14.2. The van der Waals surface area contributed by atoms with Gasteiger partial charge in [0.05, 0.1) is 33.4 Å². The van der Waals surface area contributed by atoms with Gasteiger partial charge in [0, 0.05) is 13.1 Å². The number of benzene rings is 2. The number of amides is 1. The Morgan fingerprint density at radius 2 is 1.84 bits per heavy atom. The van der Waals surface area contributed by atoms with Gasteiger partial charge < -0.3 is 9.64 Å². The van der Waals surface area contributed by atoms with Gasteiger partial charge in [-0.25, -0.2) is 8.42 Å². The summed E-state index contributed by atoms with van der Waals surface area (Å²) in [6.45, 7) is 6.18. The first-order valence-corrected chi connectivity index (χ1v) is 11.0. The molecule has 2 aromatic rings. The highest BCUT2D eigenvalue weighted by Gasteiger charge is 2.35. The van der Waals surface area contributed by atoms with Gasteiger partial charge >= 0.3 is 6.18 Å². The van der Waals surface area contributed by atoms with Crippen molar-refractivity contribution < 1.29 is 31.1 Å². The van der Waals surface area contributed by atoms with Crippen molar-refractivity contribution in [1.29, 1.82) is 0 Å². The lowest BCUT2D eigenvalue weighted by Crippen LogP contribution is -2.53. The molecular weight excluding hydrogens is 433 g/mol. The molecule has 1 unspecified atom stereocenters. The molecular formula is C21H23F3N2O4S. The van der Waals surface area contributed by atoms with E-state index in [0.717, 1.165) is 18.2 Å². The number of para-hydroxylation sites is 1. The van der Waals surface area contributed by atoms with Gasteiger partial charge in [-0.05, 0) is 51.1 Å². The molecule has 0 bridgehead atoms. The molecule has 31 heavy (non-hydrogen) atoms. The van der Waals surface area contributed by atoms with E-state index in [-0.39, 0.29) is 17.4 Å². The van der Waals surface area contributed by atoms with Gasteiger partial charge in [-0.1, -0.05) is 18.2 Å². The Hall–Kier alpha value is -2.59. The third-order valence-electron chi connectivity index (χ3n) is 4.73. The van der Waals surface area contributed by atoms with Crippen LogP contribution < -0.4 is 4.72 Å². The molecule has 168 valence electrons. The van der Waals surface area contributed by atoms with Crippen LogP contribution in [0.4, 0.5) is 18.9 Å². The predicted octanol–water partition coefficient (Wildman–Crippen LogP) is 4.15. The normalized spacial score (nSPS) is 19.2. The topological polar surface area (TPSA) is 75.7 Å². The molecule has 1 aliphatic heterocycles. The van der Waals surface area contributed by atoms with Gasteiger partial charge in [0.2, 0.25) is 0 Å². The summed E-state index contributed by atoms with van der Waals surface area (Å²) in [5.41, 5.74) is -1.56. The summed E-state index contributed by atoms with van der Waals surface area (Å²) in [5, 5.41) is 0. The molecule has 0 radical (unpaired) electrons. The zero-order chi connectivity index (χ0) is 23.0. The van der Waals surface area contributed by atoms with Crippen molar-refractivity contribution in [3.63, 3.8) is 0 Å². The van der Waals surface area contributed by atoms with Crippen LogP contribution in [0.15, 0.2) is 53.4 Å². The third-order valence-corrected chi connectivity index (χ3v) is 6.09. The number of halogens is 3. The van der Waals surface area contributed by atoms with Crippen LogP contribution in [-0.4, -0.2) is 44.0 Å². The lowest BCUT2D eigenvalue weighted by molar-refractivity contribution is -0.137. The highest BCUT2D eigenvalue weighted by atomic mass is 32.2. The van der Waals surface area contributed by atoms with Crippen molar-refractivity contribution in [2.45, 2.75) is 43.5 Å². The number of carbonyl (C=O) groups is 1. The lowest BCUT2D eigenvalue weighted by atomic mass is 10.0. The SMILES string of the molecule is CC1CN(C(=O)c2ccccc2NS(=O)(=O)c2cccc(C(F)(F)F)c2)CC(C)(C)O1. The quantitative estimate of drug-likeness (QED) is 0.750. The Morgan fingerprint density at radius 1 is 1.16 bits per heavy atom. The maximum absolute atomic E-state index is 13.1. The van der Waals surface area contributed by atoms with Crippen LogP contribution in [0, 0.1) is 0 Å². The van der Waals surface area contributed by atoms with Crippen LogP contribution in [-0.2, 0) is 20.9 Å². The highest BCUT2D eigenvalue weighted by Crippen LogP contribution is 2.31. The number of carbonyl (C=O) groups excluding carboxylic acids is 1. The van der Waals surface area contributed by atoms with E-state index in [1.165, 1.54) is 18.2 Å². The number of alkyl halides is 3. The second-order valence-corrected chi connectivity index (χ2v) is 9.73. The number of hydrogen-bond acceptors (Lipinski definition) is 4. The molecule has 3 rings (SSSR count). The number of rotatable bonds is 4. The van der Waals surface area contributed by atoms with Crippen LogP contribution in [0.3, 0.4) is 0 Å². The van der Waals surface area contributed by atoms with E-state index in [0.29, 0.717) is 19.2 Å². The molecule has 0 saturated carbocycles. The van der Waals surface area contributed by atoms with E-state index in [9.17, 15) is 26.4 Å². The fourth-order valence-electron chi connectivity index (χ4n) is 3.58. The average Bonchev–Trinajstić information content (AvgIpc) is 2.65. The first-order chi connectivity index (χ1) is 14.3. The zero-order valence-corrected chi connectivity index (χ0v) is 18.0. The minimum Gasteiger partial charge on any atom is -0.369 e. The predicted molar refractivity (Wildman–Crippen MR) is 109 cm³/mol. The van der Waals surface area contributed by atoms with Gasteiger partial charge in [0.1, 0.15) is 0 Å². The summed E-state index contributed by atoms with van der Waals surface area (Å²) in [6, 6.07) is 9.42. The van der Waals surface area contributed by atoms with E-state index in [1.807, 2.05) is 20.8 Å². The molecule has 1 N–H and O–H groups in total. The molecule has 1 saturated heterocycles. The minimum absolute atomic E-state index is 0.0122. The molecule has 1 amide bonds. The third kappa shape index (κ3) is 5.37. The zero-order valence-electron chi connectivity index (χ0n) is 17.2. The Kier molecular flexibility index (Phi) is 6.07. The number of anilines is 1. The monoisotopic (exact) mass is 456 g/mol. The molecule has 1 fully saturated rings. The number of hydrogen-bond donors (Lipinski definition) is 1. The Labute approximate surface area is 179 Å². The van der Waals surface area contributed by atoms with Crippen LogP contribution in [0.2, 0.25) is 0 Å². The Morgan fingerprint density at radius 3 is 2.48 bits per heavy atom. The number of nitrogens with one attached hydrogen (secondary N) is 1. The largest absolute Gasteiger partial charge is 0.416 e. The molecule has 0 aromatic heterocycles. The van der Waals surface area contributed by atoms with Gasteiger partial charge in [-0.15, -0.1) is 0 Å². The lowest BCUT2D eigenvalue weighted by Gasteiger charge is -2.41. The summed E-state index contributed by atoms with van der Waals surface area (Å²) in [6.07, 6.45) is -4.89. The van der Waals surface area contributed by atoms with Crippen molar-refractivity contribution in [1.82, 2.24) is 4.90 Å². The average molecular weight is 456 g/mol. The van der Waals surface area contributed by atoms with E-state index < -0.39 is 38.2 Å². The molecule has 10 heteroatoms.